The number of hydrogen-bond acceptors (Lipinski definition) is 8. The Balaban J connectivity index is 1.20. The van der Waals surface area contributed by atoms with E-state index >= 15 is 0 Å². The number of allylic oxidation sites excluding steroid dienone is 1. The Hall–Kier alpha value is -3.66. The van der Waals surface area contributed by atoms with Crippen molar-refractivity contribution in [3.63, 3.8) is 0 Å². The quantitative estimate of drug-likeness (QED) is 0.164. The zero-order valence-corrected chi connectivity index (χ0v) is 20.8. The lowest BCUT2D eigenvalue weighted by atomic mass is 9.84. The molecular weight excluding hydrogens is 470 g/mol. The lowest BCUT2D eigenvalue weighted by Gasteiger charge is -2.30. The summed E-state index contributed by atoms with van der Waals surface area (Å²) >= 11 is 0. The van der Waals surface area contributed by atoms with E-state index in [2.05, 4.69) is 22.3 Å². The van der Waals surface area contributed by atoms with E-state index in [0.29, 0.717) is 54.6 Å². The molecule has 1 aliphatic heterocycles. The largest absolute Gasteiger partial charge is 0.491 e. The number of nitrogens with two attached hydrogens (primary N) is 1. The molecule has 1 aliphatic carbocycles. The maximum absolute atomic E-state index is 12.9. The number of ether oxygens (including phenoxy) is 3. The van der Waals surface area contributed by atoms with Crippen LogP contribution in [0.2, 0.25) is 0 Å². The lowest BCUT2D eigenvalue weighted by Crippen LogP contribution is -2.38. The van der Waals surface area contributed by atoms with Gasteiger partial charge in [0, 0.05) is 18.2 Å². The van der Waals surface area contributed by atoms with Crippen LogP contribution in [0.5, 0.6) is 17.2 Å². The third kappa shape index (κ3) is 5.85. The molecule has 0 amide bonds. The molecule has 4 N–H and O–H groups in total. The SMILES string of the molecule is C=C(C1CCC(NN)CC1)n1cc2c(nc1=O)Nc1c(OCCCOCc3ccccc3)cccc1O2. The van der Waals surface area contributed by atoms with E-state index in [-0.39, 0.29) is 5.92 Å². The number of nitrogens with one attached hydrogen (secondary N) is 2. The number of para-hydroxylation sites is 1. The summed E-state index contributed by atoms with van der Waals surface area (Å²) in [4.78, 5) is 17.1. The van der Waals surface area contributed by atoms with Crippen LogP contribution >= 0.6 is 0 Å². The summed E-state index contributed by atoms with van der Waals surface area (Å²) in [6.07, 6.45) is 6.13. The summed E-state index contributed by atoms with van der Waals surface area (Å²) < 4.78 is 19.4. The Morgan fingerprint density at radius 2 is 1.92 bits per heavy atom. The smallest absolute Gasteiger partial charge is 0.354 e. The molecule has 9 heteroatoms. The molecule has 3 aromatic rings. The second kappa shape index (κ2) is 11.6. The number of fused-ring (bicyclic) bond motifs is 2. The minimum atomic E-state index is -0.392. The van der Waals surface area contributed by atoms with Crippen molar-refractivity contribution in [3.05, 3.63) is 77.4 Å². The predicted octanol–water partition coefficient (Wildman–Crippen LogP) is 4.57. The molecule has 0 saturated heterocycles. The van der Waals surface area contributed by atoms with Crippen LogP contribution in [0.25, 0.3) is 5.70 Å². The fourth-order valence-corrected chi connectivity index (χ4v) is 4.78. The number of hydrogen-bond donors (Lipinski definition) is 3. The summed E-state index contributed by atoms with van der Waals surface area (Å²) in [7, 11) is 0. The first kappa shape index (κ1) is 25.0. The van der Waals surface area contributed by atoms with Crippen molar-refractivity contribution in [1.29, 1.82) is 0 Å². The van der Waals surface area contributed by atoms with Gasteiger partial charge in [0.15, 0.2) is 17.3 Å². The average Bonchev–Trinajstić information content (AvgIpc) is 2.94. The van der Waals surface area contributed by atoms with Crippen LogP contribution in [0.3, 0.4) is 0 Å². The Morgan fingerprint density at radius 1 is 1.11 bits per heavy atom. The van der Waals surface area contributed by atoms with Crippen molar-refractivity contribution in [2.24, 2.45) is 11.8 Å². The topological polar surface area (TPSA) is 113 Å². The lowest BCUT2D eigenvalue weighted by molar-refractivity contribution is 0.107. The van der Waals surface area contributed by atoms with Crippen molar-refractivity contribution in [1.82, 2.24) is 15.0 Å². The van der Waals surface area contributed by atoms with Gasteiger partial charge < -0.3 is 19.5 Å². The highest BCUT2D eigenvalue weighted by molar-refractivity contribution is 5.77. The highest BCUT2D eigenvalue weighted by Gasteiger charge is 2.27. The number of nitrogens with zero attached hydrogens (tertiary/aromatic N) is 2. The second-order valence-electron chi connectivity index (χ2n) is 9.41. The van der Waals surface area contributed by atoms with E-state index in [4.69, 9.17) is 20.1 Å². The molecule has 1 fully saturated rings. The van der Waals surface area contributed by atoms with Crippen LogP contribution in [0.1, 0.15) is 37.7 Å². The first-order valence-corrected chi connectivity index (χ1v) is 12.7. The summed E-state index contributed by atoms with van der Waals surface area (Å²) in [6.45, 7) is 5.86. The number of hydrazine groups is 1. The molecular formula is C28H33N5O4. The van der Waals surface area contributed by atoms with Crippen molar-refractivity contribution in [2.45, 2.75) is 44.8 Å². The molecule has 0 spiro atoms. The number of rotatable bonds is 10. The minimum absolute atomic E-state index is 0.197. The summed E-state index contributed by atoms with van der Waals surface area (Å²) in [5, 5.41) is 3.23. The molecule has 37 heavy (non-hydrogen) atoms. The highest BCUT2D eigenvalue weighted by Crippen LogP contribution is 2.45. The van der Waals surface area contributed by atoms with Crippen LogP contribution in [-0.2, 0) is 11.3 Å². The standard InChI is InChI=1S/C28H33N5O4/c1-19(21-11-13-22(32-29)14-12-21)33-17-25-27(31-28(33)34)30-26-23(9-5-10-24(26)37-25)36-16-6-15-35-18-20-7-3-2-4-8-20/h2-5,7-10,17,21-22,32H,1,6,11-16,18,29H2,(H,30,31,34). The van der Waals surface area contributed by atoms with Gasteiger partial charge in [-0.15, -0.1) is 0 Å². The van der Waals surface area contributed by atoms with E-state index in [1.165, 1.54) is 4.57 Å². The molecule has 1 aromatic heterocycles. The van der Waals surface area contributed by atoms with Crippen LogP contribution in [0.15, 0.2) is 66.1 Å². The molecule has 0 unspecified atom stereocenters. The van der Waals surface area contributed by atoms with E-state index in [9.17, 15) is 4.79 Å². The third-order valence-electron chi connectivity index (χ3n) is 6.89. The van der Waals surface area contributed by atoms with E-state index < -0.39 is 5.69 Å². The van der Waals surface area contributed by atoms with Gasteiger partial charge in [-0.25, -0.2) is 4.79 Å². The number of anilines is 2. The van der Waals surface area contributed by atoms with Gasteiger partial charge in [-0.3, -0.25) is 15.8 Å². The van der Waals surface area contributed by atoms with Crippen molar-refractivity contribution < 1.29 is 14.2 Å². The van der Waals surface area contributed by atoms with Crippen molar-refractivity contribution in [2.75, 3.05) is 18.5 Å². The second-order valence-corrected chi connectivity index (χ2v) is 9.41. The maximum atomic E-state index is 12.9. The average molecular weight is 504 g/mol. The maximum Gasteiger partial charge on any atom is 0.354 e. The summed E-state index contributed by atoms with van der Waals surface area (Å²) in [6, 6.07) is 16.0. The fourth-order valence-electron chi connectivity index (χ4n) is 4.78. The number of aromatic nitrogens is 2. The molecule has 1 saturated carbocycles. The monoisotopic (exact) mass is 503 g/mol. The van der Waals surface area contributed by atoms with Gasteiger partial charge in [0.25, 0.3) is 0 Å². The van der Waals surface area contributed by atoms with Gasteiger partial charge in [0.1, 0.15) is 11.4 Å². The zero-order valence-electron chi connectivity index (χ0n) is 20.8. The summed E-state index contributed by atoms with van der Waals surface area (Å²) in [5.74, 6) is 7.84. The molecule has 194 valence electrons. The minimum Gasteiger partial charge on any atom is -0.491 e. The van der Waals surface area contributed by atoms with E-state index in [1.54, 1.807) is 6.20 Å². The van der Waals surface area contributed by atoms with Gasteiger partial charge in [0.2, 0.25) is 0 Å². The molecule has 0 atom stereocenters. The zero-order chi connectivity index (χ0) is 25.6. The van der Waals surface area contributed by atoms with Crippen LogP contribution in [0, 0.1) is 5.92 Å². The van der Waals surface area contributed by atoms with Gasteiger partial charge in [-0.05, 0) is 49.3 Å². The van der Waals surface area contributed by atoms with Crippen molar-refractivity contribution >= 4 is 17.2 Å². The Kier molecular flexibility index (Phi) is 7.84. The normalized spacial score (nSPS) is 18.2. The van der Waals surface area contributed by atoms with Crippen LogP contribution in [0.4, 0.5) is 11.5 Å². The molecule has 2 aromatic carbocycles. The molecule has 9 nitrogen and oxygen atoms in total. The molecule has 5 rings (SSSR count). The molecule has 0 bridgehead atoms. The fraction of sp³-hybridized carbons (Fsp3) is 0.357. The highest BCUT2D eigenvalue weighted by atomic mass is 16.5. The van der Waals surface area contributed by atoms with Crippen molar-refractivity contribution in [3.8, 4) is 17.2 Å². The molecule has 2 heterocycles. The van der Waals surface area contributed by atoms with Gasteiger partial charge in [0.05, 0.1) is 26.0 Å². The van der Waals surface area contributed by atoms with Gasteiger partial charge in [-0.1, -0.05) is 43.0 Å². The predicted molar refractivity (Wildman–Crippen MR) is 143 cm³/mol. The first-order valence-electron chi connectivity index (χ1n) is 12.7. The van der Waals surface area contributed by atoms with Gasteiger partial charge in [-0.2, -0.15) is 4.98 Å². The Labute approximate surface area is 216 Å². The Bertz CT molecular complexity index is 1290. The molecule has 2 aliphatic rings. The third-order valence-corrected chi connectivity index (χ3v) is 6.89. The van der Waals surface area contributed by atoms with E-state index in [1.807, 2.05) is 48.5 Å². The van der Waals surface area contributed by atoms with Crippen LogP contribution < -0.4 is 31.7 Å². The number of benzene rings is 2. The van der Waals surface area contributed by atoms with Gasteiger partial charge >= 0.3 is 5.69 Å². The Morgan fingerprint density at radius 3 is 2.70 bits per heavy atom. The summed E-state index contributed by atoms with van der Waals surface area (Å²) in [5.41, 5.74) is 4.98. The molecule has 0 radical (unpaired) electrons. The van der Waals surface area contributed by atoms with E-state index in [0.717, 1.165) is 43.4 Å². The first-order chi connectivity index (χ1) is 18.1. The van der Waals surface area contributed by atoms with Crippen LogP contribution in [-0.4, -0.2) is 28.8 Å².